The van der Waals surface area contributed by atoms with Crippen LogP contribution in [0.25, 0.3) is 0 Å². The van der Waals surface area contributed by atoms with Crippen molar-refractivity contribution >= 4 is 5.97 Å². The first-order valence-corrected chi connectivity index (χ1v) is 7.32. The first kappa shape index (κ1) is 15.0. The van der Waals surface area contributed by atoms with Gasteiger partial charge in [-0.05, 0) is 12.0 Å². The van der Waals surface area contributed by atoms with Crippen LogP contribution in [-0.2, 0) is 9.53 Å². The molecule has 0 radical (unpaired) electrons. The molecule has 110 valence electrons. The maximum Gasteiger partial charge on any atom is 0.305 e. The number of benzene rings is 1. The third kappa shape index (κ3) is 3.81. The van der Waals surface area contributed by atoms with Crippen molar-refractivity contribution in [3.8, 4) is 0 Å². The summed E-state index contributed by atoms with van der Waals surface area (Å²) in [6, 6.07) is 10.6. The summed E-state index contributed by atoms with van der Waals surface area (Å²) in [5, 5.41) is 9.08. The van der Waals surface area contributed by atoms with Crippen molar-refractivity contribution in [3.05, 3.63) is 35.9 Å². The molecule has 1 N–H and O–H groups in total. The molecule has 20 heavy (non-hydrogen) atoms. The van der Waals surface area contributed by atoms with Gasteiger partial charge in [0.05, 0.1) is 19.6 Å². The Kier molecular flexibility index (Phi) is 5.56. The van der Waals surface area contributed by atoms with Crippen molar-refractivity contribution in [3.63, 3.8) is 0 Å². The fourth-order valence-electron chi connectivity index (χ4n) is 2.93. The number of nitrogens with zero attached hydrogens (tertiary/aromatic N) is 1. The molecular formula is C16H23NO3. The van der Waals surface area contributed by atoms with Gasteiger partial charge in [-0.15, -0.1) is 0 Å². The van der Waals surface area contributed by atoms with Crippen molar-refractivity contribution in [2.45, 2.75) is 38.3 Å². The molecule has 0 aromatic heterocycles. The molecular weight excluding hydrogens is 254 g/mol. The zero-order valence-corrected chi connectivity index (χ0v) is 12.0. The molecule has 1 aliphatic rings. The Morgan fingerprint density at radius 2 is 2.20 bits per heavy atom. The van der Waals surface area contributed by atoms with E-state index in [0.717, 1.165) is 19.4 Å². The summed E-state index contributed by atoms with van der Waals surface area (Å²) >= 11 is 0. The van der Waals surface area contributed by atoms with E-state index in [0.29, 0.717) is 13.2 Å². The number of hydrogen-bond acceptors (Lipinski definition) is 3. The zero-order chi connectivity index (χ0) is 14.4. The molecule has 0 aliphatic carbocycles. The highest BCUT2D eigenvalue weighted by atomic mass is 16.5. The first-order valence-electron chi connectivity index (χ1n) is 7.32. The standard InChI is InChI=1S/C16H23NO3/c1-2-6-15(13-7-4-3-5-8-13)17-9-10-20-12-14(17)11-16(18)19/h3-5,7-8,14-15H,2,6,9-12H2,1H3,(H,18,19). The Morgan fingerprint density at radius 3 is 2.85 bits per heavy atom. The highest BCUT2D eigenvalue weighted by Gasteiger charge is 2.31. The second-order valence-electron chi connectivity index (χ2n) is 5.28. The van der Waals surface area contributed by atoms with Gasteiger partial charge in [0.1, 0.15) is 0 Å². The molecule has 0 amide bonds. The van der Waals surface area contributed by atoms with Crippen LogP contribution in [0.2, 0.25) is 0 Å². The Labute approximate surface area is 120 Å². The molecule has 2 unspecified atom stereocenters. The molecule has 4 nitrogen and oxygen atoms in total. The topological polar surface area (TPSA) is 49.8 Å². The second kappa shape index (κ2) is 7.41. The van der Waals surface area contributed by atoms with E-state index in [1.807, 2.05) is 18.2 Å². The van der Waals surface area contributed by atoms with E-state index >= 15 is 0 Å². The molecule has 0 spiro atoms. The predicted octanol–water partition coefficient (Wildman–Crippen LogP) is 2.70. The van der Waals surface area contributed by atoms with Crippen molar-refractivity contribution in [1.82, 2.24) is 4.90 Å². The summed E-state index contributed by atoms with van der Waals surface area (Å²) in [6.07, 6.45) is 2.27. The largest absolute Gasteiger partial charge is 0.481 e. The van der Waals surface area contributed by atoms with E-state index in [9.17, 15) is 4.79 Å². The van der Waals surface area contributed by atoms with Crippen LogP contribution in [-0.4, -0.2) is 41.8 Å². The molecule has 0 saturated carbocycles. The Balaban J connectivity index is 2.19. The molecule has 1 aromatic rings. The lowest BCUT2D eigenvalue weighted by Crippen LogP contribution is -2.48. The molecule has 1 aliphatic heterocycles. The molecule has 1 fully saturated rings. The fraction of sp³-hybridized carbons (Fsp3) is 0.562. The van der Waals surface area contributed by atoms with Gasteiger partial charge in [-0.2, -0.15) is 0 Å². The van der Waals surface area contributed by atoms with Crippen LogP contribution in [0.1, 0.15) is 37.8 Å². The number of ether oxygens (including phenoxy) is 1. The first-order chi connectivity index (χ1) is 9.72. The molecule has 0 bridgehead atoms. The van der Waals surface area contributed by atoms with Gasteiger partial charge in [-0.1, -0.05) is 43.7 Å². The fourth-order valence-corrected chi connectivity index (χ4v) is 2.93. The normalized spacial score (nSPS) is 21.6. The Bertz CT molecular complexity index is 421. The van der Waals surface area contributed by atoms with Crippen LogP contribution >= 0.6 is 0 Å². The predicted molar refractivity (Wildman–Crippen MR) is 77.7 cm³/mol. The van der Waals surface area contributed by atoms with E-state index in [1.165, 1.54) is 5.56 Å². The van der Waals surface area contributed by atoms with Crippen molar-refractivity contribution in [2.75, 3.05) is 19.8 Å². The lowest BCUT2D eigenvalue weighted by molar-refractivity contribution is -0.141. The van der Waals surface area contributed by atoms with Gasteiger partial charge in [0.25, 0.3) is 0 Å². The van der Waals surface area contributed by atoms with Gasteiger partial charge >= 0.3 is 5.97 Å². The molecule has 1 heterocycles. The molecule has 2 rings (SSSR count). The number of rotatable bonds is 6. The number of carboxylic acids is 1. The highest BCUT2D eigenvalue weighted by molar-refractivity contribution is 5.67. The van der Waals surface area contributed by atoms with Gasteiger partial charge in [-0.3, -0.25) is 9.69 Å². The van der Waals surface area contributed by atoms with Crippen LogP contribution in [0.5, 0.6) is 0 Å². The molecule has 2 atom stereocenters. The van der Waals surface area contributed by atoms with Gasteiger partial charge in [0, 0.05) is 18.6 Å². The van der Waals surface area contributed by atoms with Crippen molar-refractivity contribution < 1.29 is 14.6 Å². The highest BCUT2D eigenvalue weighted by Crippen LogP contribution is 2.29. The summed E-state index contributed by atoms with van der Waals surface area (Å²) in [7, 11) is 0. The minimum Gasteiger partial charge on any atom is -0.481 e. The van der Waals surface area contributed by atoms with Crippen LogP contribution < -0.4 is 0 Å². The number of morpholine rings is 1. The smallest absolute Gasteiger partial charge is 0.305 e. The van der Waals surface area contributed by atoms with Gasteiger partial charge in [-0.25, -0.2) is 0 Å². The lowest BCUT2D eigenvalue weighted by Gasteiger charge is -2.40. The van der Waals surface area contributed by atoms with E-state index in [1.54, 1.807) is 0 Å². The molecule has 4 heteroatoms. The van der Waals surface area contributed by atoms with Gasteiger partial charge in [0.15, 0.2) is 0 Å². The quantitative estimate of drug-likeness (QED) is 0.868. The van der Waals surface area contributed by atoms with Crippen molar-refractivity contribution in [1.29, 1.82) is 0 Å². The summed E-state index contributed by atoms with van der Waals surface area (Å²) in [5.74, 6) is -0.756. The summed E-state index contributed by atoms with van der Waals surface area (Å²) in [4.78, 5) is 13.4. The van der Waals surface area contributed by atoms with E-state index in [-0.39, 0.29) is 18.5 Å². The number of hydrogen-bond donors (Lipinski definition) is 1. The van der Waals surface area contributed by atoms with Crippen LogP contribution in [0.4, 0.5) is 0 Å². The summed E-state index contributed by atoms with van der Waals surface area (Å²) < 4.78 is 5.47. The maximum atomic E-state index is 11.0. The average molecular weight is 277 g/mol. The number of aliphatic carboxylic acids is 1. The second-order valence-corrected chi connectivity index (χ2v) is 5.28. The molecule has 1 saturated heterocycles. The van der Waals surface area contributed by atoms with E-state index in [4.69, 9.17) is 9.84 Å². The minimum atomic E-state index is -0.756. The van der Waals surface area contributed by atoms with Crippen LogP contribution in [0.15, 0.2) is 30.3 Å². The van der Waals surface area contributed by atoms with Gasteiger partial charge < -0.3 is 9.84 Å². The summed E-state index contributed by atoms with van der Waals surface area (Å²) in [5.41, 5.74) is 1.27. The minimum absolute atomic E-state index is 0.0296. The SMILES string of the molecule is CCCC(c1ccccc1)N1CCOCC1CC(=O)O. The molecule has 1 aromatic carbocycles. The monoisotopic (exact) mass is 277 g/mol. The third-order valence-corrected chi connectivity index (χ3v) is 3.83. The maximum absolute atomic E-state index is 11.0. The summed E-state index contributed by atoms with van der Waals surface area (Å²) in [6.45, 7) is 4.17. The Morgan fingerprint density at radius 1 is 1.45 bits per heavy atom. The lowest BCUT2D eigenvalue weighted by atomic mass is 9.97. The third-order valence-electron chi connectivity index (χ3n) is 3.83. The number of carbonyl (C=O) groups is 1. The zero-order valence-electron chi connectivity index (χ0n) is 12.0. The Hall–Kier alpha value is -1.39. The van der Waals surface area contributed by atoms with Crippen LogP contribution in [0, 0.1) is 0 Å². The van der Waals surface area contributed by atoms with Gasteiger partial charge in [0.2, 0.25) is 0 Å². The number of carboxylic acid groups (broad SMARTS) is 1. The van der Waals surface area contributed by atoms with Crippen LogP contribution in [0.3, 0.4) is 0 Å². The van der Waals surface area contributed by atoms with Crippen molar-refractivity contribution in [2.24, 2.45) is 0 Å². The average Bonchev–Trinajstić information content (AvgIpc) is 2.46. The van der Waals surface area contributed by atoms with E-state index < -0.39 is 5.97 Å². The van der Waals surface area contributed by atoms with E-state index in [2.05, 4.69) is 24.0 Å².